The highest BCUT2D eigenvalue weighted by Gasteiger charge is 1.97. The molecule has 0 aliphatic carbocycles. The van der Waals surface area contributed by atoms with Crippen LogP contribution in [-0.2, 0) is 4.79 Å². The van der Waals surface area contributed by atoms with E-state index in [9.17, 15) is 4.79 Å². The van der Waals surface area contributed by atoms with Gasteiger partial charge in [0.2, 0.25) is 5.91 Å². The summed E-state index contributed by atoms with van der Waals surface area (Å²) in [6, 6.07) is 0. The van der Waals surface area contributed by atoms with Gasteiger partial charge in [0.25, 0.3) is 0 Å². The molecule has 0 bridgehead atoms. The van der Waals surface area contributed by atoms with Crippen molar-refractivity contribution >= 4 is 23.1 Å². The molecular weight excluding hydrogens is 172 g/mol. The van der Waals surface area contributed by atoms with Crippen molar-refractivity contribution in [3.8, 4) is 0 Å². The largest absolute Gasteiger partial charge is 0.320 e. The van der Waals surface area contributed by atoms with Gasteiger partial charge in [-0.25, -0.2) is 0 Å². The molecule has 1 heterocycles. The Kier molecular flexibility index (Phi) is 2.99. The maximum Gasteiger partial charge on any atom is 0.248 e. The lowest BCUT2D eigenvalue weighted by molar-refractivity contribution is -0.111. The summed E-state index contributed by atoms with van der Waals surface area (Å²) in [4.78, 5) is 11.1. The van der Waals surface area contributed by atoms with E-state index < -0.39 is 0 Å². The van der Waals surface area contributed by atoms with Gasteiger partial charge in [0.1, 0.15) is 0 Å². The summed E-state index contributed by atoms with van der Waals surface area (Å²) < 4.78 is 3.86. The van der Waals surface area contributed by atoms with Gasteiger partial charge < -0.3 is 5.32 Å². The number of nitrogens with zero attached hydrogens (tertiary/aromatic N) is 1. The first kappa shape index (κ1) is 8.93. The summed E-state index contributed by atoms with van der Waals surface area (Å²) in [5, 5.41) is 4.47. The zero-order valence-electron chi connectivity index (χ0n) is 7.00. The number of hydrogen-bond acceptors (Lipinski definition) is 3. The van der Waals surface area contributed by atoms with Crippen LogP contribution in [0.2, 0.25) is 0 Å². The van der Waals surface area contributed by atoms with Gasteiger partial charge in [-0.2, -0.15) is 4.37 Å². The molecule has 0 aliphatic heterocycles. The van der Waals surface area contributed by atoms with Crippen LogP contribution in [0.15, 0.2) is 23.2 Å². The van der Waals surface area contributed by atoms with Crippen LogP contribution in [0.1, 0.15) is 13.8 Å². The molecule has 4 heteroatoms. The molecule has 0 saturated heterocycles. The van der Waals surface area contributed by atoms with Crippen LogP contribution in [0, 0.1) is 0 Å². The van der Waals surface area contributed by atoms with Crippen LogP contribution in [0.3, 0.4) is 0 Å². The van der Waals surface area contributed by atoms with E-state index in [0.717, 1.165) is 11.3 Å². The first-order chi connectivity index (χ1) is 5.68. The fourth-order valence-electron chi connectivity index (χ4n) is 0.707. The van der Waals surface area contributed by atoms with Crippen molar-refractivity contribution in [2.45, 2.75) is 13.8 Å². The van der Waals surface area contributed by atoms with Crippen molar-refractivity contribution in [2.24, 2.45) is 0 Å². The van der Waals surface area contributed by atoms with Gasteiger partial charge in [-0.05, 0) is 25.4 Å². The molecule has 0 radical (unpaired) electrons. The molecule has 1 rings (SSSR count). The van der Waals surface area contributed by atoms with Crippen molar-refractivity contribution in [3.05, 3.63) is 23.2 Å². The Morgan fingerprint density at radius 2 is 2.42 bits per heavy atom. The Balaban J connectivity index is 2.54. The van der Waals surface area contributed by atoms with Gasteiger partial charge in [-0.1, -0.05) is 5.57 Å². The summed E-state index contributed by atoms with van der Waals surface area (Å²) >= 11 is 1.32. The molecule has 0 aliphatic rings. The quantitative estimate of drug-likeness (QED) is 0.711. The van der Waals surface area contributed by atoms with Crippen LogP contribution >= 0.6 is 11.5 Å². The van der Waals surface area contributed by atoms with Crippen molar-refractivity contribution in [3.63, 3.8) is 0 Å². The van der Waals surface area contributed by atoms with Crippen molar-refractivity contribution in [2.75, 3.05) is 5.32 Å². The zero-order valence-corrected chi connectivity index (χ0v) is 7.81. The summed E-state index contributed by atoms with van der Waals surface area (Å²) in [5.74, 6) is -0.102. The van der Waals surface area contributed by atoms with E-state index in [1.54, 1.807) is 17.7 Å². The van der Waals surface area contributed by atoms with Crippen LogP contribution in [-0.4, -0.2) is 10.3 Å². The molecule has 1 amide bonds. The third-order valence-corrected chi connectivity index (χ3v) is 1.71. The molecule has 0 aromatic carbocycles. The number of carbonyl (C=O) groups excluding carboxylic acids is 1. The minimum atomic E-state index is -0.102. The van der Waals surface area contributed by atoms with Crippen LogP contribution in [0.25, 0.3) is 0 Å². The number of allylic oxidation sites excluding steroid dienone is 1. The number of rotatable bonds is 2. The lowest BCUT2D eigenvalue weighted by Gasteiger charge is -1.96. The van der Waals surface area contributed by atoms with E-state index in [0.29, 0.717) is 0 Å². The lowest BCUT2D eigenvalue weighted by atomic mass is 10.3. The molecule has 1 aromatic heterocycles. The monoisotopic (exact) mass is 182 g/mol. The van der Waals surface area contributed by atoms with Gasteiger partial charge in [0.15, 0.2) is 0 Å². The summed E-state index contributed by atoms with van der Waals surface area (Å²) in [7, 11) is 0. The average Bonchev–Trinajstić information content (AvgIpc) is 2.37. The van der Waals surface area contributed by atoms with Gasteiger partial charge in [-0.15, -0.1) is 0 Å². The molecule has 1 aromatic rings. The Labute approximate surface area is 75.3 Å². The SMILES string of the molecule is CC(C)=CC(=O)Nc1cnsc1. The normalized spacial score (nSPS) is 9.17. The Morgan fingerprint density at radius 1 is 1.67 bits per heavy atom. The van der Waals surface area contributed by atoms with Crippen molar-refractivity contribution < 1.29 is 4.79 Å². The summed E-state index contributed by atoms with van der Waals surface area (Å²) in [6.45, 7) is 3.76. The second kappa shape index (κ2) is 4.01. The molecule has 0 atom stereocenters. The van der Waals surface area contributed by atoms with E-state index in [-0.39, 0.29) is 5.91 Å². The molecule has 0 unspecified atom stereocenters. The topological polar surface area (TPSA) is 42.0 Å². The summed E-state index contributed by atoms with van der Waals surface area (Å²) in [6.07, 6.45) is 3.18. The van der Waals surface area contributed by atoms with Crippen molar-refractivity contribution in [1.82, 2.24) is 4.37 Å². The number of hydrogen-bond donors (Lipinski definition) is 1. The molecule has 12 heavy (non-hydrogen) atoms. The minimum absolute atomic E-state index is 0.102. The van der Waals surface area contributed by atoms with Crippen LogP contribution in [0.4, 0.5) is 5.69 Å². The molecule has 0 saturated carbocycles. The fraction of sp³-hybridized carbons (Fsp3) is 0.250. The maximum absolute atomic E-state index is 11.1. The van der Waals surface area contributed by atoms with E-state index in [4.69, 9.17) is 0 Å². The highest BCUT2D eigenvalue weighted by atomic mass is 32.1. The number of amides is 1. The number of anilines is 1. The fourth-order valence-corrected chi connectivity index (χ4v) is 1.18. The van der Waals surface area contributed by atoms with Crippen molar-refractivity contribution in [1.29, 1.82) is 0 Å². The summed E-state index contributed by atoms with van der Waals surface area (Å²) in [5.41, 5.74) is 1.73. The van der Waals surface area contributed by atoms with E-state index in [1.165, 1.54) is 11.5 Å². The molecule has 64 valence electrons. The molecule has 3 nitrogen and oxygen atoms in total. The van der Waals surface area contributed by atoms with Crippen LogP contribution < -0.4 is 5.32 Å². The Bertz CT molecular complexity index is 286. The molecular formula is C8H10N2OS. The third kappa shape index (κ3) is 2.84. The molecule has 0 fully saturated rings. The first-order valence-electron chi connectivity index (χ1n) is 3.54. The number of aromatic nitrogens is 1. The number of nitrogens with one attached hydrogen (secondary N) is 1. The predicted octanol–water partition coefficient (Wildman–Crippen LogP) is 2.05. The number of carbonyl (C=O) groups is 1. The minimum Gasteiger partial charge on any atom is -0.320 e. The standard InChI is InChI=1S/C8H10N2OS/c1-6(2)3-8(11)10-7-4-9-12-5-7/h3-5H,1-2H3,(H,10,11). The highest BCUT2D eigenvalue weighted by molar-refractivity contribution is 7.04. The zero-order chi connectivity index (χ0) is 8.97. The maximum atomic E-state index is 11.1. The van der Waals surface area contributed by atoms with E-state index in [2.05, 4.69) is 9.69 Å². The Morgan fingerprint density at radius 3 is 2.92 bits per heavy atom. The lowest BCUT2D eigenvalue weighted by Crippen LogP contribution is -2.07. The van der Waals surface area contributed by atoms with Gasteiger partial charge in [0.05, 0.1) is 11.9 Å². The first-order valence-corrected chi connectivity index (χ1v) is 4.37. The third-order valence-electron chi connectivity index (χ3n) is 1.12. The predicted molar refractivity (Wildman–Crippen MR) is 50.2 cm³/mol. The molecule has 0 spiro atoms. The second-order valence-corrected chi connectivity index (χ2v) is 3.28. The molecule has 1 N–H and O–H groups in total. The smallest absolute Gasteiger partial charge is 0.248 e. The van der Waals surface area contributed by atoms with Crippen LogP contribution in [0.5, 0.6) is 0 Å². The second-order valence-electron chi connectivity index (χ2n) is 2.62. The van der Waals surface area contributed by atoms with Gasteiger partial charge in [0, 0.05) is 11.5 Å². The highest BCUT2D eigenvalue weighted by Crippen LogP contribution is 2.07. The average molecular weight is 182 g/mol. The van der Waals surface area contributed by atoms with Gasteiger partial charge >= 0.3 is 0 Å². The van der Waals surface area contributed by atoms with E-state index in [1.807, 2.05) is 13.8 Å². The van der Waals surface area contributed by atoms with E-state index >= 15 is 0 Å². The van der Waals surface area contributed by atoms with Gasteiger partial charge in [-0.3, -0.25) is 4.79 Å². The Hall–Kier alpha value is -1.16.